The molecule has 2 atom stereocenters. The highest BCUT2D eigenvalue weighted by Gasteiger charge is 2.32. The van der Waals surface area contributed by atoms with Crippen LogP contribution >= 0.6 is 0 Å². The normalized spacial score (nSPS) is 19.9. The lowest BCUT2D eigenvalue weighted by molar-refractivity contribution is -0.122. The van der Waals surface area contributed by atoms with E-state index in [1.54, 1.807) is 19.4 Å². The van der Waals surface area contributed by atoms with Crippen molar-refractivity contribution < 1.29 is 14.1 Å². The van der Waals surface area contributed by atoms with Gasteiger partial charge in [-0.05, 0) is 26.8 Å². The summed E-state index contributed by atoms with van der Waals surface area (Å²) in [5, 5.41) is 9.52. The van der Waals surface area contributed by atoms with Gasteiger partial charge in [-0.15, -0.1) is 0 Å². The van der Waals surface area contributed by atoms with Crippen LogP contribution in [0.4, 0.5) is 0 Å². The van der Waals surface area contributed by atoms with Crippen molar-refractivity contribution in [3.8, 4) is 0 Å². The van der Waals surface area contributed by atoms with Gasteiger partial charge < -0.3 is 20.1 Å². The zero-order valence-electron chi connectivity index (χ0n) is 15.7. The monoisotopic (exact) mass is 374 g/mol. The first-order chi connectivity index (χ1) is 13.0. The van der Waals surface area contributed by atoms with Crippen LogP contribution in [-0.2, 0) is 11.2 Å². The molecule has 0 aromatic carbocycles. The van der Waals surface area contributed by atoms with Gasteiger partial charge in [-0.25, -0.2) is 4.98 Å². The lowest BCUT2D eigenvalue weighted by atomic mass is 10.1. The van der Waals surface area contributed by atoms with E-state index in [-0.39, 0.29) is 23.9 Å². The molecule has 0 radical (unpaired) electrons. The number of likely N-dealkylation sites (tertiary alicyclic amines) is 1. The summed E-state index contributed by atoms with van der Waals surface area (Å²) < 4.78 is 4.92. The van der Waals surface area contributed by atoms with Crippen molar-refractivity contribution in [1.29, 1.82) is 0 Å². The summed E-state index contributed by atoms with van der Waals surface area (Å²) in [5.41, 5.74) is 1.47. The van der Waals surface area contributed by atoms with Crippen LogP contribution in [0.5, 0.6) is 0 Å². The maximum Gasteiger partial charge on any atom is 0.256 e. The Labute approximate surface area is 157 Å². The van der Waals surface area contributed by atoms with E-state index in [1.165, 1.54) is 6.20 Å². The molecule has 9 heteroatoms. The highest BCUT2D eigenvalue weighted by Crippen LogP contribution is 2.24. The van der Waals surface area contributed by atoms with Gasteiger partial charge in [0.15, 0.2) is 0 Å². The second-order valence-electron chi connectivity index (χ2n) is 6.94. The topological polar surface area (TPSA) is 116 Å². The van der Waals surface area contributed by atoms with Crippen molar-refractivity contribution in [2.75, 3.05) is 20.1 Å². The van der Waals surface area contributed by atoms with E-state index in [4.69, 9.17) is 4.52 Å². The summed E-state index contributed by atoms with van der Waals surface area (Å²) in [4.78, 5) is 33.5. The fraction of sp³-hybridized carbons (Fsp3) is 0.556. The number of nitrogens with one attached hydrogen (secondary N) is 3. The first-order valence-electron chi connectivity index (χ1n) is 9.20. The number of nitrogens with zero attached hydrogens (tertiary/aromatic N) is 3. The molecule has 3 N–H and O–H groups in total. The first kappa shape index (κ1) is 19.1. The Bertz CT molecular complexity index is 757. The van der Waals surface area contributed by atoms with E-state index in [0.717, 1.165) is 25.0 Å². The lowest BCUT2D eigenvalue weighted by Gasteiger charge is -2.25. The molecule has 146 valence electrons. The highest BCUT2D eigenvalue weighted by atomic mass is 16.5. The van der Waals surface area contributed by atoms with Crippen molar-refractivity contribution in [1.82, 2.24) is 30.7 Å². The molecule has 0 bridgehead atoms. The van der Waals surface area contributed by atoms with Crippen LogP contribution in [0.15, 0.2) is 23.2 Å². The van der Waals surface area contributed by atoms with E-state index in [1.807, 2.05) is 7.05 Å². The fourth-order valence-corrected chi connectivity index (χ4v) is 3.45. The predicted molar refractivity (Wildman–Crippen MR) is 98.1 cm³/mol. The Kier molecular flexibility index (Phi) is 6.23. The fourth-order valence-electron chi connectivity index (χ4n) is 3.45. The zero-order chi connectivity index (χ0) is 19.2. The van der Waals surface area contributed by atoms with Crippen molar-refractivity contribution in [3.05, 3.63) is 35.7 Å². The molecule has 0 aliphatic carbocycles. The second kappa shape index (κ2) is 8.81. The number of aromatic amines is 1. The predicted octanol–water partition coefficient (Wildman–Crippen LogP) is 0.648. The van der Waals surface area contributed by atoms with Gasteiger partial charge in [0.25, 0.3) is 5.91 Å². The molecule has 3 heterocycles. The summed E-state index contributed by atoms with van der Waals surface area (Å²) >= 11 is 0. The summed E-state index contributed by atoms with van der Waals surface area (Å²) in [5.74, 6) is 0.384. The van der Waals surface area contributed by atoms with Gasteiger partial charge in [-0.3, -0.25) is 14.5 Å². The SMILES string of the molecule is Cc1oncc1C(=O)NC[C@@H]1CC[C@H](CC(=O)NCCc2cnc[nH]2)N1C. The van der Waals surface area contributed by atoms with E-state index >= 15 is 0 Å². The smallest absolute Gasteiger partial charge is 0.256 e. The summed E-state index contributed by atoms with van der Waals surface area (Å²) in [6.45, 7) is 2.84. The largest absolute Gasteiger partial charge is 0.361 e. The van der Waals surface area contributed by atoms with Crippen LogP contribution in [0.25, 0.3) is 0 Å². The Hall–Kier alpha value is -2.68. The van der Waals surface area contributed by atoms with Gasteiger partial charge in [-0.2, -0.15) is 0 Å². The molecule has 1 aliphatic rings. The standard InChI is InChI=1S/C18H26N6O3/c1-12-16(10-23-27-12)18(26)21-9-15-4-3-14(24(15)2)7-17(25)20-6-5-13-8-19-11-22-13/h8,10-11,14-15H,3-7,9H2,1-2H3,(H,19,22)(H,20,25)(H,21,26)/t14-,15+/m1/s1. The summed E-state index contributed by atoms with van der Waals surface area (Å²) in [6, 6.07) is 0.410. The molecule has 27 heavy (non-hydrogen) atoms. The number of likely N-dealkylation sites (N-methyl/N-ethyl adjacent to an activating group) is 1. The Morgan fingerprint density at radius 3 is 2.81 bits per heavy atom. The number of hydrogen-bond acceptors (Lipinski definition) is 6. The minimum atomic E-state index is -0.179. The number of aryl methyl sites for hydroxylation is 1. The van der Waals surface area contributed by atoms with E-state index < -0.39 is 0 Å². The van der Waals surface area contributed by atoms with Gasteiger partial charge in [0.05, 0.1) is 12.5 Å². The molecule has 1 aliphatic heterocycles. The van der Waals surface area contributed by atoms with Crippen LogP contribution in [-0.4, -0.2) is 64.1 Å². The first-order valence-corrected chi connectivity index (χ1v) is 9.20. The number of aromatic nitrogens is 3. The van der Waals surface area contributed by atoms with Gasteiger partial charge in [-0.1, -0.05) is 5.16 Å². The molecule has 3 rings (SSSR count). The van der Waals surface area contributed by atoms with Crippen LogP contribution < -0.4 is 10.6 Å². The van der Waals surface area contributed by atoms with Crippen molar-refractivity contribution in [2.24, 2.45) is 0 Å². The number of rotatable bonds is 8. The van der Waals surface area contributed by atoms with Gasteiger partial charge >= 0.3 is 0 Å². The van der Waals surface area contributed by atoms with E-state index in [2.05, 4.69) is 30.7 Å². The number of carbonyl (C=O) groups excluding carboxylic acids is 2. The van der Waals surface area contributed by atoms with Gasteiger partial charge in [0.1, 0.15) is 11.3 Å². The molecule has 0 unspecified atom stereocenters. The third kappa shape index (κ3) is 4.94. The molecule has 1 saturated heterocycles. The molecule has 0 spiro atoms. The average Bonchev–Trinajstić information content (AvgIpc) is 3.37. The summed E-state index contributed by atoms with van der Waals surface area (Å²) in [6.07, 6.45) is 7.92. The third-order valence-electron chi connectivity index (χ3n) is 5.17. The van der Waals surface area contributed by atoms with Crippen LogP contribution in [0.1, 0.15) is 41.1 Å². The molecular weight excluding hydrogens is 348 g/mol. The van der Waals surface area contributed by atoms with Gasteiger partial charge in [0.2, 0.25) is 5.91 Å². The maximum atomic E-state index is 12.2. The van der Waals surface area contributed by atoms with E-state index in [0.29, 0.717) is 30.8 Å². The lowest BCUT2D eigenvalue weighted by Crippen LogP contribution is -2.42. The minimum absolute atomic E-state index is 0.0520. The van der Waals surface area contributed by atoms with Crippen LogP contribution in [0.3, 0.4) is 0 Å². The number of H-pyrrole nitrogens is 1. The molecule has 9 nitrogen and oxygen atoms in total. The van der Waals surface area contributed by atoms with Crippen LogP contribution in [0, 0.1) is 6.92 Å². The highest BCUT2D eigenvalue weighted by molar-refractivity contribution is 5.94. The summed E-state index contributed by atoms with van der Waals surface area (Å²) in [7, 11) is 2.01. The Morgan fingerprint density at radius 2 is 2.11 bits per heavy atom. The zero-order valence-corrected chi connectivity index (χ0v) is 15.7. The molecule has 0 saturated carbocycles. The quantitative estimate of drug-likeness (QED) is 0.625. The maximum absolute atomic E-state index is 12.2. The van der Waals surface area contributed by atoms with E-state index in [9.17, 15) is 9.59 Å². The Morgan fingerprint density at radius 1 is 1.30 bits per heavy atom. The van der Waals surface area contributed by atoms with Crippen molar-refractivity contribution in [2.45, 2.75) is 44.7 Å². The number of imidazole rings is 1. The molecule has 1 fully saturated rings. The molecule has 2 aromatic heterocycles. The molecule has 2 amide bonds. The Balaban J connectivity index is 1.38. The van der Waals surface area contributed by atoms with Crippen molar-refractivity contribution in [3.63, 3.8) is 0 Å². The molecular formula is C18H26N6O3. The third-order valence-corrected chi connectivity index (χ3v) is 5.17. The second-order valence-corrected chi connectivity index (χ2v) is 6.94. The number of hydrogen-bond donors (Lipinski definition) is 3. The number of amides is 2. The average molecular weight is 374 g/mol. The van der Waals surface area contributed by atoms with Crippen LogP contribution in [0.2, 0.25) is 0 Å². The molecule has 2 aromatic rings. The number of carbonyl (C=O) groups is 2. The van der Waals surface area contributed by atoms with Crippen molar-refractivity contribution >= 4 is 11.8 Å². The minimum Gasteiger partial charge on any atom is -0.361 e. The van der Waals surface area contributed by atoms with Gasteiger partial charge in [0, 0.05) is 49.9 Å².